The molecule has 0 saturated heterocycles. The van der Waals surface area contributed by atoms with E-state index in [0.717, 1.165) is 36.8 Å². The molecule has 2 amide bonds. The number of aromatic nitrogens is 2. The third-order valence-corrected chi connectivity index (χ3v) is 6.84. The number of carbonyl (C=O) groups excluding carboxylic acids is 2. The van der Waals surface area contributed by atoms with Gasteiger partial charge in [0, 0.05) is 18.7 Å². The van der Waals surface area contributed by atoms with E-state index in [2.05, 4.69) is 10.4 Å². The van der Waals surface area contributed by atoms with E-state index in [1.54, 1.807) is 28.0 Å². The molecule has 32 heavy (non-hydrogen) atoms. The number of hydrogen-bond acceptors (Lipinski definition) is 4. The van der Waals surface area contributed by atoms with Gasteiger partial charge in [-0.15, -0.1) is 0 Å². The van der Waals surface area contributed by atoms with E-state index in [1.165, 1.54) is 0 Å². The zero-order valence-corrected chi connectivity index (χ0v) is 18.5. The molecule has 2 aromatic heterocycles. The lowest BCUT2D eigenvalue weighted by Gasteiger charge is -2.44. The number of rotatable bonds is 5. The average molecular weight is 433 g/mol. The highest BCUT2D eigenvalue weighted by molar-refractivity contribution is 6.00. The van der Waals surface area contributed by atoms with Crippen LogP contribution in [-0.4, -0.2) is 38.1 Å². The summed E-state index contributed by atoms with van der Waals surface area (Å²) in [6.07, 6.45) is 5.82. The molecule has 166 valence electrons. The number of nitrogens with one attached hydrogen (secondary N) is 1. The zero-order chi connectivity index (χ0) is 22.3. The number of nitrogens with zero attached hydrogens (tertiary/aromatic N) is 3. The summed E-state index contributed by atoms with van der Waals surface area (Å²) in [5, 5.41) is 7.82. The van der Waals surface area contributed by atoms with E-state index >= 15 is 0 Å². The monoisotopic (exact) mass is 432 g/mol. The topological polar surface area (TPSA) is 80.4 Å². The van der Waals surface area contributed by atoms with Crippen LogP contribution < -0.4 is 5.32 Å². The largest absolute Gasteiger partial charge is 0.463 e. The highest BCUT2D eigenvalue weighted by atomic mass is 16.3. The molecule has 0 radical (unpaired) electrons. The second-order valence-corrected chi connectivity index (χ2v) is 9.10. The molecule has 1 atom stereocenters. The predicted molar refractivity (Wildman–Crippen MR) is 120 cm³/mol. The van der Waals surface area contributed by atoms with Crippen molar-refractivity contribution in [2.75, 3.05) is 0 Å². The van der Waals surface area contributed by atoms with Gasteiger partial charge in [-0.2, -0.15) is 5.10 Å². The lowest BCUT2D eigenvalue weighted by Crippen LogP contribution is -2.64. The molecule has 3 aromatic rings. The summed E-state index contributed by atoms with van der Waals surface area (Å²) in [6.45, 7) is 4.53. The van der Waals surface area contributed by atoms with Crippen molar-refractivity contribution in [2.45, 2.75) is 64.2 Å². The molecule has 1 N–H and O–H groups in total. The number of benzene rings is 1. The second kappa shape index (κ2) is 7.97. The third kappa shape index (κ3) is 3.51. The summed E-state index contributed by atoms with van der Waals surface area (Å²) < 4.78 is 7.13. The summed E-state index contributed by atoms with van der Waals surface area (Å²) in [6, 6.07) is 13.5. The Bertz CT molecular complexity index is 1140. The molecule has 5 rings (SSSR count). The van der Waals surface area contributed by atoms with E-state index < -0.39 is 5.54 Å². The molecule has 1 fully saturated rings. The first kappa shape index (κ1) is 20.5. The van der Waals surface area contributed by atoms with Crippen LogP contribution in [0.5, 0.6) is 0 Å². The van der Waals surface area contributed by atoms with E-state index in [0.29, 0.717) is 30.2 Å². The van der Waals surface area contributed by atoms with E-state index in [1.807, 2.05) is 44.2 Å². The van der Waals surface area contributed by atoms with Crippen molar-refractivity contribution >= 4 is 11.8 Å². The molecule has 0 spiro atoms. The Morgan fingerprint density at radius 2 is 2.00 bits per heavy atom. The van der Waals surface area contributed by atoms with E-state index in [4.69, 9.17) is 4.42 Å². The molecule has 1 aliphatic carbocycles. The van der Waals surface area contributed by atoms with E-state index in [9.17, 15) is 9.59 Å². The van der Waals surface area contributed by atoms with Crippen LogP contribution in [0.1, 0.15) is 54.2 Å². The number of furan rings is 1. The van der Waals surface area contributed by atoms with Crippen molar-refractivity contribution in [3.63, 3.8) is 0 Å². The van der Waals surface area contributed by atoms with Crippen molar-refractivity contribution in [1.29, 1.82) is 0 Å². The molecule has 0 bridgehead atoms. The normalized spacial score (nSPS) is 21.1. The summed E-state index contributed by atoms with van der Waals surface area (Å²) >= 11 is 0. The molecular formula is C25H28N4O3. The lowest BCUT2D eigenvalue weighted by atomic mass is 9.93. The summed E-state index contributed by atoms with van der Waals surface area (Å²) in [4.78, 5) is 29.0. The zero-order valence-electron chi connectivity index (χ0n) is 18.5. The van der Waals surface area contributed by atoms with Crippen LogP contribution in [0, 0.1) is 6.92 Å². The number of aryl methyl sites for hydroxylation is 1. The van der Waals surface area contributed by atoms with Crippen LogP contribution >= 0.6 is 0 Å². The van der Waals surface area contributed by atoms with Crippen LogP contribution in [0.3, 0.4) is 0 Å². The molecular weight excluding hydrogens is 404 g/mol. The van der Waals surface area contributed by atoms with Crippen molar-refractivity contribution < 1.29 is 14.0 Å². The lowest BCUT2D eigenvalue weighted by molar-refractivity contribution is -0.134. The van der Waals surface area contributed by atoms with Gasteiger partial charge in [0.25, 0.3) is 5.91 Å². The van der Waals surface area contributed by atoms with Gasteiger partial charge in [-0.3, -0.25) is 14.3 Å². The van der Waals surface area contributed by atoms with Crippen molar-refractivity contribution in [2.24, 2.45) is 0 Å². The molecule has 2 aliphatic rings. The highest BCUT2D eigenvalue weighted by Crippen LogP contribution is 2.32. The Balaban J connectivity index is 1.53. The van der Waals surface area contributed by atoms with Crippen molar-refractivity contribution in [3.8, 4) is 11.5 Å². The van der Waals surface area contributed by atoms with Crippen molar-refractivity contribution in [1.82, 2.24) is 20.0 Å². The summed E-state index contributed by atoms with van der Waals surface area (Å²) in [7, 11) is 0. The second-order valence-electron chi connectivity index (χ2n) is 9.10. The fourth-order valence-corrected chi connectivity index (χ4v) is 4.80. The quantitative estimate of drug-likeness (QED) is 0.663. The van der Waals surface area contributed by atoms with Crippen LogP contribution in [0.25, 0.3) is 11.5 Å². The molecule has 7 heteroatoms. The summed E-state index contributed by atoms with van der Waals surface area (Å²) in [5.74, 6) is 0.281. The molecule has 3 heterocycles. The smallest absolute Gasteiger partial charge is 0.273 e. The van der Waals surface area contributed by atoms with Gasteiger partial charge < -0.3 is 14.6 Å². The molecule has 7 nitrogen and oxygen atoms in total. The molecule has 1 saturated carbocycles. The molecule has 0 unspecified atom stereocenters. The number of carbonyl (C=O) groups is 2. The maximum Gasteiger partial charge on any atom is 0.273 e. The van der Waals surface area contributed by atoms with Gasteiger partial charge in [0.15, 0.2) is 5.76 Å². The van der Waals surface area contributed by atoms with Gasteiger partial charge in [0.05, 0.1) is 12.8 Å². The van der Waals surface area contributed by atoms with Gasteiger partial charge in [-0.1, -0.05) is 37.1 Å². The van der Waals surface area contributed by atoms with Gasteiger partial charge in [-0.05, 0) is 49.9 Å². The van der Waals surface area contributed by atoms with Crippen LogP contribution in [0.15, 0.2) is 53.1 Å². The van der Waals surface area contributed by atoms with Gasteiger partial charge in [-0.25, -0.2) is 0 Å². The standard InChI is InChI=1S/C25H28N4O3/c1-17-8-3-4-9-18(17)15-28-23(30)21-14-20(22-12-7-13-32-22)27-29(21)16-25(28,2)24(31)26-19-10-5-6-11-19/h3-4,7-9,12-14,19H,5-6,10-11,15-16H2,1-2H3,(H,26,31)/t25-/m1/s1. The average Bonchev–Trinajstić information content (AvgIpc) is 3.53. The Morgan fingerprint density at radius 3 is 2.72 bits per heavy atom. The Labute approximate surface area is 187 Å². The SMILES string of the molecule is Cc1ccccc1CN1C(=O)c2cc(-c3ccco3)nn2C[C@]1(C)C(=O)NC1CCCC1. The predicted octanol–water partition coefficient (Wildman–Crippen LogP) is 3.93. The minimum atomic E-state index is -1.05. The fraction of sp³-hybridized carbons (Fsp3) is 0.400. The Hall–Kier alpha value is -3.35. The van der Waals surface area contributed by atoms with Gasteiger partial charge in [0.1, 0.15) is 16.9 Å². The number of hydrogen-bond donors (Lipinski definition) is 1. The maximum atomic E-state index is 13.7. The third-order valence-electron chi connectivity index (χ3n) is 6.84. The van der Waals surface area contributed by atoms with E-state index in [-0.39, 0.29) is 17.9 Å². The molecule has 1 aromatic carbocycles. The minimum Gasteiger partial charge on any atom is -0.463 e. The first-order valence-electron chi connectivity index (χ1n) is 11.2. The highest BCUT2D eigenvalue weighted by Gasteiger charge is 2.48. The minimum absolute atomic E-state index is 0.118. The first-order chi connectivity index (χ1) is 15.5. The van der Waals surface area contributed by atoms with Gasteiger partial charge >= 0.3 is 0 Å². The summed E-state index contributed by atoms with van der Waals surface area (Å²) in [5.41, 5.74) is 2.13. The number of amides is 2. The van der Waals surface area contributed by atoms with Crippen LogP contribution in [-0.2, 0) is 17.9 Å². The first-order valence-corrected chi connectivity index (χ1v) is 11.2. The Kier molecular flexibility index (Phi) is 5.12. The van der Waals surface area contributed by atoms with Gasteiger partial charge in [0.2, 0.25) is 5.91 Å². The van der Waals surface area contributed by atoms with Crippen LogP contribution in [0.2, 0.25) is 0 Å². The van der Waals surface area contributed by atoms with Crippen molar-refractivity contribution in [3.05, 3.63) is 65.5 Å². The molecule has 1 aliphatic heterocycles. The maximum absolute atomic E-state index is 13.7. The Morgan fingerprint density at radius 1 is 1.22 bits per heavy atom. The number of fused-ring (bicyclic) bond motifs is 1. The fourth-order valence-electron chi connectivity index (χ4n) is 4.80. The van der Waals surface area contributed by atoms with Crippen LogP contribution in [0.4, 0.5) is 0 Å².